The van der Waals surface area contributed by atoms with E-state index < -0.39 is 17.8 Å². The molecule has 8 heteroatoms. The Bertz CT molecular complexity index is 499. The zero-order chi connectivity index (χ0) is 14.8. The second-order valence-corrected chi connectivity index (χ2v) is 4.16. The number of esters is 1. The van der Waals surface area contributed by atoms with Crippen LogP contribution in [0.25, 0.3) is 0 Å². The number of nitrogens with zero attached hydrogens (tertiary/aromatic N) is 2. The van der Waals surface area contributed by atoms with Crippen molar-refractivity contribution in [2.24, 2.45) is 0 Å². The second kappa shape index (κ2) is 5.66. The molecule has 1 aliphatic heterocycles. The number of aromatic nitrogens is 1. The molecule has 1 aromatic heterocycles. The van der Waals surface area contributed by atoms with Gasteiger partial charge < -0.3 is 14.4 Å². The van der Waals surface area contributed by atoms with E-state index in [0.29, 0.717) is 26.3 Å². The summed E-state index contributed by atoms with van der Waals surface area (Å²) in [6, 6.07) is 1.86. The standard InChI is InChI=1S/C12H13F3N2O3/c1-19-11(18)8-2-3-9(12(13,14)15)16-10(8)17-4-6-20-7-5-17/h2-3H,4-7H2,1H3. The summed E-state index contributed by atoms with van der Waals surface area (Å²) in [6.45, 7) is 1.49. The van der Waals surface area contributed by atoms with E-state index in [0.717, 1.165) is 12.1 Å². The first-order valence-electron chi connectivity index (χ1n) is 5.92. The molecular formula is C12H13F3N2O3. The summed E-state index contributed by atoms with van der Waals surface area (Å²) in [7, 11) is 1.17. The quantitative estimate of drug-likeness (QED) is 0.776. The summed E-state index contributed by atoms with van der Waals surface area (Å²) in [6.07, 6.45) is -4.56. The van der Waals surface area contributed by atoms with Gasteiger partial charge in [0.05, 0.1) is 20.3 Å². The maximum Gasteiger partial charge on any atom is 0.433 e. The number of carbonyl (C=O) groups is 1. The van der Waals surface area contributed by atoms with Crippen LogP contribution in [0, 0.1) is 0 Å². The van der Waals surface area contributed by atoms with Crippen LogP contribution in [0.2, 0.25) is 0 Å². The van der Waals surface area contributed by atoms with Crippen LogP contribution in [0.1, 0.15) is 16.1 Å². The number of methoxy groups -OCH3 is 1. The van der Waals surface area contributed by atoms with E-state index in [2.05, 4.69) is 9.72 Å². The first-order chi connectivity index (χ1) is 9.43. The summed E-state index contributed by atoms with van der Waals surface area (Å²) in [5, 5.41) is 0. The molecule has 1 fully saturated rings. The average Bonchev–Trinajstić information content (AvgIpc) is 2.46. The topological polar surface area (TPSA) is 51.7 Å². The summed E-state index contributed by atoms with van der Waals surface area (Å²) in [5.41, 5.74) is -1.02. The zero-order valence-electron chi connectivity index (χ0n) is 10.7. The van der Waals surface area contributed by atoms with Crippen LogP contribution < -0.4 is 4.90 Å². The minimum absolute atomic E-state index is 0.0161. The Morgan fingerprint density at radius 2 is 2.00 bits per heavy atom. The molecule has 0 aromatic carbocycles. The molecule has 0 saturated carbocycles. The molecular weight excluding hydrogens is 277 g/mol. The van der Waals surface area contributed by atoms with Gasteiger partial charge in [-0.15, -0.1) is 0 Å². The van der Waals surface area contributed by atoms with E-state index in [9.17, 15) is 18.0 Å². The molecule has 1 saturated heterocycles. The molecule has 2 rings (SSSR count). The Kier molecular flexibility index (Phi) is 4.12. The van der Waals surface area contributed by atoms with Gasteiger partial charge >= 0.3 is 12.1 Å². The van der Waals surface area contributed by atoms with Crippen LogP contribution >= 0.6 is 0 Å². The highest BCUT2D eigenvalue weighted by Gasteiger charge is 2.34. The van der Waals surface area contributed by atoms with Gasteiger partial charge in [0.25, 0.3) is 0 Å². The van der Waals surface area contributed by atoms with Crippen LogP contribution in [0.15, 0.2) is 12.1 Å². The van der Waals surface area contributed by atoms with Gasteiger partial charge in [-0.3, -0.25) is 0 Å². The SMILES string of the molecule is COC(=O)c1ccc(C(F)(F)F)nc1N1CCOCC1. The Hall–Kier alpha value is -1.83. The van der Waals surface area contributed by atoms with Gasteiger partial charge in [-0.1, -0.05) is 0 Å². The van der Waals surface area contributed by atoms with Crippen LogP contribution in [-0.4, -0.2) is 44.4 Å². The van der Waals surface area contributed by atoms with Gasteiger partial charge in [0.2, 0.25) is 0 Å². The maximum absolute atomic E-state index is 12.7. The minimum atomic E-state index is -4.56. The number of rotatable bonds is 2. The van der Waals surface area contributed by atoms with Crippen LogP contribution in [0.5, 0.6) is 0 Å². The number of halogens is 3. The van der Waals surface area contributed by atoms with Crippen molar-refractivity contribution in [3.63, 3.8) is 0 Å². The predicted molar refractivity (Wildman–Crippen MR) is 63.6 cm³/mol. The fourth-order valence-corrected chi connectivity index (χ4v) is 1.89. The molecule has 1 aliphatic rings. The van der Waals surface area contributed by atoms with Crippen LogP contribution in [-0.2, 0) is 15.7 Å². The maximum atomic E-state index is 12.7. The highest BCUT2D eigenvalue weighted by Crippen LogP contribution is 2.31. The monoisotopic (exact) mass is 290 g/mol. The molecule has 2 heterocycles. The van der Waals surface area contributed by atoms with Crippen molar-refractivity contribution in [1.82, 2.24) is 4.98 Å². The lowest BCUT2D eigenvalue weighted by Crippen LogP contribution is -2.38. The smallest absolute Gasteiger partial charge is 0.433 e. The van der Waals surface area contributed by atoms with E-state index in [1.807, 2.05) is 0 Å². The molecule has 110 valence electrons. The molecule has 0 spiro atoms. The molecule has 0 bridgehead atoms. The average molecular weight is 290 g/mol. The molecule has 1 aromatic rings. The molecule has 0 N–H and O–H groups in total. The van der Waals surface area contributed by atoms with Crippen molar-refractivity contribution < 1.29 is 27.4 Å². The Morgan fingerprint density at radius 3 is 2.55 bits per heavy atom. The van der Waals surface area contributed by atoms with Gasteiger partial charge in [0.15, 0.2) is 0 Å². The van der Waals surface area contributed by atoms with E-state index in [-0.39, 0.29) is 11.4 Å². The predicted octanol–water partition coefficient (Wildman–Crippen LogP) is 1.72. The number of alkyl halides is 3. The van der Waals surface area contributed by atoms with Crippen molar-refractivity contribution in [2.75, 3.05) is 38.3 Å². The number of pyridine rings is 1. The van der Waals surface area contributed by atoms with Crippen molar-refractivity contribution in [3.8, 4) is 0 Å². The number of hydrogen-bond donors (Lipinski definition) is 0. The van der Waals surface area contributed by atoms with E-state index in [4.69, 9.17) is 4.74 Å². The number of hydrogen-bond acceptors (Lipinski definition) is 5. The lowest BCUT2D eigenvalue weighted by molar-refractivity contribution is -0.141. The summed E-state index contributed by atoms with van der Waals surface area (Å²) >= 11 is 0. The third kappa shape index (κ3) is 3.01. The fourth-order valence-electron chi connectivity index (χ4n) is 1.89. The molecule has 20 heavy (non-hydrogen) atoms. The van der Waals surface area contributed by atoms with Gasteiger partial charge in [-0.05, 0) is 12.1 Å². The van der Waals surface area contributed by atoms with Gasteiger partial charge in [0.1, 0.15) is 17.1 Å². The Balaban J connectivity index is 2.44. The van der Waals surface area contributed by atoms with Crippen molar-refractivity contribution >= 4 is 11.8 Å². The fraction of sp³-hybridized carbons (Fsp3) is 0.500. The first kappa shape index (κ1) is 14.6. The van der Waals surface area contributed by atoms with Gasteiger partial charge in [0, 0.05) is 13.1 Å². The largest absolute Gasteiger partial charge is 0.465 e. The molecule has 0 unspecified atom stereocenters. The lowest BCUT2D eigenvalue weighted by atomic mass is 10.2. The van der Waals surface area contributed by atoms with E-state index >= 15 is 0 Å². The highest BCUT2D eigenvalue weighted by atomic mass is 19.4. The van der Waals surface area contributed by atoms with Crippen LogP contribution in [0.4, 0.5) is 19.0 Å². The number of anilines is 1. The third-order valence-corrected chi connectivity index (χ3v) is 2.88. The van der Waals surface area contributed by atoms with Gasteiger partial charge in [-0.2, -0.15) is 13.2 Å². The molecule has 5 nitrogen and oxygen atoms in total. The highest BCUT2D eigenvalue weighted by molar-refractivity contribution is 5.94. The third-order valence-electron chi connectivity index (χ3n) is 2.88. The van der Waals surface area contributed by atoms with Crippen LogP contribution in [0.3, 0.4) is 0 Å². The van der Waals surface area contributed by atoms with Crippen molar-refractivity contribution in [3.05, 3.63) is 23.4 Å². The van der Waals surface area contributed by atoms with E-state index in [1.165, 1.54) is 7.11 Å². The number of carbonyl (C=O) groups excluding carboxylic acids is 1. The Morgan fingerprint density at radius 1 is 1.35 bits per heavy atom. The number of morpholine rings is 1. The normalized spacial score (nSPS) is 16.1. The van der Waals surface area contributed by atoms with Crippen molar-refractivity contribution in [1.29, 1.82) is 0 Å². The summed E-state index contributed by atoms with van der Waals surface area (Å²) in [4.78, 5) is 16.8. The zero-order valence-corrected chi connectivity index (χ0v) is 10.7. The summed E-state index contributed by atoms with van der Waals surface area (Å²) < 4.78 is 47.9. The summed E-state index contributed by atoms with van der Waals surface area (Å²) in [5.74, 6) is -0.734. The Labute approximate surface area is 113 Å². The number of ether oxygens (including phenoxy) is 2. The van der Waals surface area contributed by atoms with E-state index in [1.54, 1.807) is 4.90 Å². The van der Waals surface area contributed by atoms with Gasteiger partial charge in [-0.25, -0.2) is 9.78 Å². The first-order valence-corrected chi connectivity index (χ1v) is 5.92. The molecule has 0 aliphatic carbocycles. The van der Waals surface area contributed by atoms with Crippen molar-refractivity contribution in [2.45, 2.75) is 6.18 Å². The lowest BCUT2D eigenvalue weighted by Gasteiger charge is -2.29. The second-order valence-electron chi connectivity index (χ2n) is 4.16. The molecule has 0 amide bonds. The molecule has 0 radical (unpaired) electrons. The molecule has 0 atom stereocenters. The minimum Gasteiger partial charge on any atom is -0.465 e.